The molecule has 76 valence electrons. The molecule has 0 aliphatic rings. The third-order valence-corrected chi connectivity index (χ3v) is 2.63. The van der Waals surface area contributed by atoms with Crippen molar-refractivity contribution < 1.29 is 0 Å². The van der Waals surface area contributed by atoms with Crippen molar-refractivity contribution in [2.24, 2.45) is 4.99 Å². The Hall–Kier alpha value is -0.960. The lowest BCUT2D eigenvalue weighted by Gasteiger charge is -2.07. The maximum Gasteiger partial charge on any atom is 0.160 e. The third-order valence-electron chi connectivity index (χ3n) is 1.79. The molecule has 0 saturated heterocycles. The summed E-state index contributed by atoms with van der Waals surface area (Å²) in [6.45, 7) is 4.20. The Morgan fingerprint density at radius 2 is 2.00 bits per heavy atom. The van der Waals surface area contributed by atoms with E-state index in [1.54, 1.807) is 18.8 Å². The topological polar surface area (TPSA) is 24.4 Å². The molecule has 0 atom stereocenters. The quantitative estimate of drug-likeness (QED) is 0.596. The van der Waals surface area contributed by atoms with E-state index in [-0.39, 0.29) is 0 Å². The molecular formula is C11H16N2S. The Bertz CT molecular complexity index is 304. The molecule has 1 rings (SSSR count). The van der Waals surface area contributed by atoms with Crippen molar-refractivity contribution in [2.75, 3.05) is 18.1 Å². The van der Waals surface area contributed by atoms with Gasteiger partial charge >= 0.3 is 0 Å². The average Bonchev–Trinajstić information content (AvgIpc) is 2.20. The second kappa shape index (κ2) is 5.70. The molecule has 14 heavy (non-hydrogen) atoms. The molecule has 0 spiro atoms. The fraction of sp³-hybridized carbons (Fsp3) is 0.364. The van der Waals surface area contributed by atoms with Crippen LogP contribution in [0.1, 0.15) is 12.5 Å². The van der Waals surface area contributed by atoms with E-state index in [9.17, 15) is 0 Å². The monoisotopic (exact) mass is 208 g/mol. The molecule has 0 unspecified atom stereocenters. The summed E-state index contributed by atoms with van der Waals surface area (Å²) in [5, 5.41) is 4.24. The van der Waals surface area contributed by atoms with E-state index in [0.717, 1.165) is 16.6 Å². The second-order valence-corrected chi connectivity index (χ2v) is 4.21. The SMILES string of the molecule is CCSC(=NC)Nc1ccc(C)cc1. The van der Waals surface area contributed by atoms with Gasteiger partial charge in [-0.1, -0.05) is 36.4 Å². The number of hydrogen-bond donors (Lipinski definition) is 1. The zero-order valence-electron chi connectivity index (χ0n) is 8.87. The van der Waals surface area contributed by atoms with E-state index in [2.05, 4.69) is 48.4 Å². The normalized spacial score (nSPS) is 11.5. The number of anilines is 1. The van der Waals surface area contributed by atoms with Crippen LogP contribution in [0.25, 0.3) is 0 Å². The third kappa shape index (κ3) is 3.42. The Kier molecular flexibility index (Phi) is 4.53. The lowest BCUT2D eigenvalue weighted by Crippen LogP contribution is -2.07. The first-order valence-electron chi connectivity index (χ1n) is 4.69. The van der Waals surface area contributed by atoms with Crippen LogP contribution in [0.15, 0.2) is 29.3 Å². The minimum Gasteiger partial charge on any atom is -0.335 e. The van der Waals surface area contributed by atoms with Crippen LogP contribution in [0.3, 0.4) is 0 Å². The van der Waals surface area contributed by atoms with Crippen LogP contribution in [0.5, 0.6) is 0 Å². The van der Waals surface area contributed by atoms with Gasteiger partial charge in [-0.05, 0) is 24.8 Å². The lowest BCUT2D eigenvalue weighted by atomic mass is 10.2. The van der Waals surface area contributed by atoms with Gasteiger partial charge in [-0.2, -0.15) is 0 Å². The van der Waals surface area contributed by atoms with Crippen LogP contribution >= 0.6 is 11.8 Å². The molecule has 0 aliphatic heterocycles. The molecule has 0 aromatic heterocycles. The standard InChI is InChI=1S/C11H16N2S/c1-4-14-11(12-3)13-10-7-5-9(2)6-8-10/h5-8H,4H2,1-3H3,(H,12,13). The molecule has 0 bridgehead atoms. The van der Waals surface area contributed by atoms with Crippen molar-refractivity contribution in [1.82, 2.24) is 0 Å². The minimum absolute atomic E-state index is 0.969. The molecule has 1 N–H and O–H groups in total. The number of nitrogens with zero attached hydrogens (tertiary/aromatic N) is 1. The van der Waals surface area contributed by atoms with Gasteiger partial charge < -0.3 is 5.32 Å². The van der Waals surface area contributed by atoms with Gasteiger partial charge in [0, 0.05) is 12.7 Å². The zero-order chi connectivity index (χ0) is 10.4. The summed E-state index contributed by atoms with van der Waals surface area (Å²) in [4.78, 5) is 4.16. The van der Waals surface area contributed by atoms with Crippen LogP contribution in [0.2, 0.25) is 0 Å². The van der Waals surface area contributed by atoms with Crippen molar-refractivity contribution in [1.29, 1.82) is 0 Å². The molecule has 1 aromatic rings. The molecule has 0 fully saturated rings. The number of benzene rings is 1. The van der Waals surface area contributed by atoms with Crippen LogP contribution < -0.4 is 5.32 Å². The van der Waals surface area contributed by atoms with Gasteiger partial charge in [0.2, 0.25) is 0 Å². The highest BCUT2D eigenvalue weighted by Gasteiger charge is 1.97. The second-order valence-electron chi connectivity index (χ2n) is 2.95. The first kappa shape index (κ1) is 11.1. The maximum absolute atomic E-state index is 4.16. The number of hydrogen-bond acceptors (Lipinski definition) is 2. The predicted octanol–water partition coefficient (Wildman–Crippen LogP) is 3.15. The first-order valence-corrected chi connectivity index (χ1v) is 5.68. The van der Waals surface area contributed by atoms with Gasteiger partial charge in [-0.3, -0.25) is 4.99 Å². The van der Waals surface area contributed by atoms with Gasteiger partial charge in [0.25, 0.3) is 0 Å². The Morgan fingerprint density at radius 1 is 1.36 bits per heavy atom. The maximum atomic E-state index is 4.16. The van der Waals surface area contributed by atoms with Gasteiger partial charge in [0.1, 0.15) is 0 Å². The molecule has 0 aliphatic carbocycles. The van der Waals surface area contributed by atoms with Crippen LogP contribution in [-0.4, -0.2) is 18.0 Å². The van der Waals surface area contributed by atoms with Crippen LogP contribution in [-0.2, 0) is 0 Å². The lowest BCUT2D eigenvalue weighted by molar-refractivity contribution is 1.43. The average molecular weight is 208 g/mol. The van der Waals surface area contributed by atoms with E-state index in [4.69, 9.17) is 0 Å². The highest BCUT2D eigenvalue weighted by atomic mass is 32.2. The fourth-order valence-electron chi connectivity index (χ4n) is 1.05. The first-order chi connectivity index (χ1) is 6.76. The number of rotatable bonds is 2. The van der Waals surface area contributed by atoms with E-state index in [0.29, 0.717) is 0 Å². The zero-order valence-corrected chi connectivity index (χ0v) is 9.69. The molecule has 0 amide bonds. The van der Waals surface area contributed by atoms with E-state index in [1.165, 1.54) is 5.56 Å². The smallest absolute Gasteiger partial charge is 0.160 e. The highest BCUT2D eigenvalue weighted by molar-refractivity contribution is 8.14. The van der Waals surface area contributed by atoms with Crippen LogP contribution in [0.4, 0.5) is 5.69 Å². The summed E-state index contributed by atoms with van der Waals surface area (Å²) in [6, 6.07) is 8.31. The van der Waals surface area contributed by atoms with Crippen molar-refractivity contribution in [3.8, 4) is 0 Å². The molecule has 2 nitrogen and oxygen atoms in total. The largest absolute Gasteiger partial charge is 0.335 e. The van der Waals surface area contributed by atoms with Crippen molar-refractivity contribution in [3.05, 3.63) is 29.8 Å². The predicted molar refractivity (Wildman–Crippen MR) is 66.3 cm³/mol. The van der Waals surface area contributed by atoms with E-state index < -0.39 is 0 Å². The number of thioether (sulfide) groups is 1. The summed E-state index contributed by atoms with van der Waals surface area (Å²) in [5.74, 6) is 1.03. The molecule has 0 saturated carbocycles. The fourth-order valence-corrected chi connectivity index (χ4v) is 1.65. The molecule has 0 heterocycles. The van der Waals surface area contributed by atoms with Gasteiger partial charge in [-0.25, -0.2) is 0 Å². The molecule has 0 radical (unpaired) electrons. The Balaban J connectivity index is 2.63. The number of aryl methyl sites for hydroxylation is 1. The number of aliphatic imine (C=N–C) groups is 1. The minimum atomic E-state index is 0.969. The summed E-state index contributed by atoms with van der Waals surface area (Å²) < 4.78 is 0. The Labute approximate surface area is 89.8 Å². The molecule has 3 heteroatoms. The van der Waals surface area contributed by atoms with Crippen molar-refractivity contribution >= 4 is 22.6 Å². The van der Waals surface area contributed by atoms with Gasteiger partial charge in [0.15, 0.2) is 5.17 Å². The number of amidine groups is 1. The Morgan fingerprint density at radius 3 is 2.50 bits per heavy atom. The molecular weight excluding hydrogens is 192 g/mol. The molecule has 1 aromatic carbocycles. The summed E-state index contributed by atoms with van der Waals surface area (Å²) in [7, 11) is 1.80. The number of nitrogens with one attached hydrogen (secondary N) is 1. The van der Waals surface area contributed by atoms with Crippen molar-refractivity contribution in [2.45, 2.75) is 13.8 Å². The van der Waals surface area contributed by atoms with Gasteiger partial charge in [0.05, 0.1) is 0 Å². The van der Waals surface area contributed by atoms with E-state index in [1.807, 2.05) is 0 Å². The van der Waals surface area contributed by atoms with E-state index >= 15 is 0 Å². The summed E-state index contributed by atoms with van der Waals surface area (Å²) in [6.07, 6.45) is 0. The highest BCUT2D eigenvalue weighted by Crippen LogP contribution is 2.12. The summed E-state index contributed by atoms with van der Waals surface area (Å²) in [5.41, 5.74) is 2.37. The van der Waals surface area contributed by atoms with Gasteiger partial charge in [-0.15, -0.1) is 0 Å². The van der Waals surface area contributed by atoms with Crippen molar-refractivity contribution in [3.63, 3.8) is 0 Å². The summed E-state index contributed by atoms with van der Waals surface area (Å²) >= 11 is 1.71. The van der Waals surface area contributed by atoms with Crippen LogP contribution in [0, 0.1) is 6.92 Å².